The van der Waals surface area contributed by atoms with Crippen LogP contribution in [0, 0.1) is 0 Å². The maximum atomic E-state index is 8.36. The molecular formula is C14H16N4O4. The van der Waals surface area contributed by atoms with Crippen LogP contribution in [0.25, 0.3) is 0 Å². The van der Waals surface area contributed by atoms with E-state index in [1.165, 1.54) is 0 Å². The highest BCUT2D eigenvalue weighted by atomic mass is 16.3. The predicted molar refractivity (Wildman–Crippen MR) is 83.3 cm³/mol. The van der Waals surface area contributed by atoms with Crippen molar-refractivity contribution in [3.63, 3.8) is 0 Å². The van der Waals surface area contributed by atoms with E-state index in [0.717, 1.165) is 5.69 Å². The molecule has 0 aromatic heterocycles. The Balaban J connectivity index is 0.000000639. The lowest BCUT2D eigenvalue weighted by Gasteiger charge is -1.99. The van der Waals surface area contributed by atoms with Crippen LogP contribution in [-0.2, 0) is 9.59 Å². The smallest absolute Gasteiger partial charge is 0.290 e. The summed E-state index contributed by atoms with van der Waals surface area (Å²) in [5.74, 6) is 0. The minimum absolute atomic E-state index is 0.250. The van der Waals surface area contributed by atoms with Crippen LogP contribution in [0.3, 0.4) is 0 Å². The zero-order chi connectivity index (χ0) is 16.8. The van der Waals surface area contributed by atoms with Crippen LogP contribution in [0.15, 0.2) is 58.8 Å². The number of hydrogen-bond donors (Lipinski definition) is 4. The second kappa shape index (κ2) is 11.4. The van der Waals surface area contributed by atoms with Gasteiger partial charge >= 0.3 is 0 Å². The van der Waals surface area contributed by atoms with Gasteiger partial charge in [0.05, 0.1) is 11.4 Å². The molecule has 0 heterocycles. The van der Waals surface area contributed by atoms with Crippen LogP contribution in [0.4, 0.5) is 22.7 Å². The zero-order valence-electron chi connectivity index (χ0n) is 11.5. The van der Waals surface area contributed by atoms with E-state index in [9.17, 15) is 0 Å². The molecule has 0 amide bonds. The van der Waals surface area contributed by atoms with Gasteiger partial charge in [0, 0.05) is 5.69 Å². The highest BCUT2D eigenvalue weighted by molar-refractivity contribution is 5.67. The number of nitrogens with zero attached hydrogens (tertiary/aromatic N) is 2. The number of carboxylic acid groups (broad SMARTS) is 2. The first-order valence-corrected chi connectivity index (χ1v) is 5.86. The van der Waals surface area contributed by atoms with Crippen molar-refractivity contribution in [3.8, 4) is 0 Å². The van der Waals surface area contributed by atoms with Crippen molar-refractivity contribution in [1.29, 1.82) is 0 Å². The summed E-state index contributed by atoms with van der Waals surface area (Å²) in [7, 11) is 0. The minimum atomic E-state index is -0.250. The average molecular weight is 304 g/mol. The summed E-state index contributed by atoms with van der Waals surface area (Å²) in [5, 5.41) is 21.9. The third kappa shape index (κ3) is 7.89. The Bertz CT molecular complexity index is 597. The number of rotatable bonds is 2. The van der Waals surface area contributed by atoms with Crippen molar-refractivity contribution in [3.05, 3.63) is 48.5 Å². The SMILES string of the molecule is Nc1ccc(N=Nc2ccccc2)c(N)c1.O=CO.O=CO. The molecule has 6 N–H and O–H groups in total. The van der Waals surface area contributed by atoms with Crippen LogP contribution in [0.5, 0.6) is 0 Å². The van der Waals surface area contributed by atoms with Crippen molar-refractivity contribution in [2.45, 2.75) is 0 Å². The molecule has 0 aliphatic carbocycles. The molecular weight excluding hydrogens is 288 g/mol. The third-order valence-electron chi connectivity index (χ3n) is 2.08. The van der Waals surface area contributed by atoms with Gasteiger partial charge in [0.25, 0.3) is 12.9 Å². The van der Waals surface area contributed by atoms with Crippen molar-refractivity contribution in [2.24, 2.45) is 10.2 Å². The largest absolute Gasteiger partial charge is 0.483 e. The van der Waals surface area contributed by atoms with Crippen molar-refractivity contribution in [2.75, 3.05) is 11.5 Å². The van der Waals surface area contributed by atoms with E-state index in [0.29, 0.717) is 17.1 Å². The summed E-state index contributed by atoms with van der Waals surface area (Å²) in [6, 6.07) is 14.6. The van der Waals surface area contributed by atoms with Crippen molar-refractivity contribution in [1.82, 2.24) is 0 Å². The molecule has 0 unspecified atom stereocenters. The van der Waals surface area contributed by atoms with Gasteiger partial charge < -0.3 is 21.7 Å². The van der Waals surface area contributed by atoms with Crippen molar-refractivity contribution >= 4 is 35.7 Å². The molecule has 8 nitrogen and oxygen atoms in total. The second-order valence-corrected chi connectivity index (χ2v) is 3.56. The van der Waals surface area contributed by atoms with Gasteiger partial charge in [0.15, 0.2) is 0 Å². The topological polar surface area (TPSA) is 151 Å². The van der Waals surface area contributed by atoms with Gasteiger partial charge in [0.2, 0.25) is 0 Å². The predicted octanol–water partition coefficient (Wildman–Crippen LogP) is 2.67. The number of nitrogen functional groups attached to an aromatic ring is 2. The molecule has 2 aromatic rings. The molecule has 0 saturated carbocycles. The highest BCUT2D eigenvalue weighted by Crippen LogP contribution is 2.26. The summed E-state index contributed by atoms with van der Waals surface area (Å²) < 4.78 is 0. The Kier molecular flexibility index (Phi) is 9.64. The molecule has 2 aromatic carbocycles. The van der Waals surface area contributed by atoms with Gasteiger partial charge in [-0.1, -0.05) is 18.2 Å². The summed E-state index contributed by atoms with van der Waals surface area (Å²) >= 11 is 0. The lowest BCUT2D eigenvalue weighted by Crippen LogP contribution is -1.89. The Hall–Kier alpha value is -3.42. The molecule has 0 saturated heterocycles. The van der Waals surface area contributed by atoms with Crippen LogP contribution in [0.2, 0.25) is 0 Å². The molecule has 2 rings (SSSR count). The fourth-order valence-corrected chi connectivity index (χ4v) is 1.27. The van der Waals surface area contributed by atoms with E-state index in [4.69, 9.17) is 31.3 Å². The summed E-state index contributed by atoms with van der Waals surface area (Å²) in [4.78, 5) is 16.7. The maximum Gasteiger partial charge on any atom is 0.290 e. The van der Waals surface area contributed by atoms with Gasteiger partial charge in [-0.15, -0.1) is 5.11 Å². The molecule has 0 atom stereocenters. The number of hydrogen-bond acceptors (Lipinski definition) is 6. The Morgan fingerprint density at radius 1 is 0.864 bits per heavy atom. The summed E-state index contributed by atoms with van der Waals surface area (Å²) in [6.07, 6.45) is 0. The molecule has 0 aliphatic heterocycles. The van der Waals surface area contributed by atoms with Gasteiger partial charge in [-0.25, -0.2) is 0 Å². The van der Waals surface area contributed by atoms with Gasteiger partial charge in [-0.3, -0.25) is 9.59 Å². The Morgan fingerprint density at radius 3 is 1.91 bits per heavy atom. The summed E-state index contributed by atoms with van der Waals surface area (Å²) in [6.45, 7) is -0.500. The number of carbonyl (C=O) groups is 2. The molecule has 22 heavy (non-hydrogen) atoms. The van der Waals surface area contributed by atoms with E-state index in [1.54, 1.807) is 18.2 Å². The van der Waals surface area contributed by atoms with Crippen molar-refractivity contribution < 1.29 is 19.8 Å². The Labute approximate surface area is 126 Å². The number of benzene rings is 2. The number of nitrogens with two attached hydrogens (primary N) is 2. The van der Waals surface area contributed by atoms with E-state index in [-0.39, 0.29) is 12.9 Å². The van der Waals surface area contributed by atoms with Gasteiger partial charge in [-0.2, -0.15) is 5.11 Å². The quantitative estimate of drug-likeness (QED) is 0.380. The number of azo groups is 1. The minimum Gasteiger partial charge on any atom is -0.483 e. The first-order valence-electron chi connectivity index (χ1n) is 5.86. The third-order valence-corrected chi connectivity index (χ3v) is 2.08. The molecule has 0 bridgehead atoms. The molecule has 116 valence electrons. The highest BCUT2D eigenvalue weighted by Gasteiger charge is 1.97. The van der Waals surface area contributed by atoms with E-state index in [1.807, 2.05) is 30.3 Å². The molecule has 0 spiro atoms. The van der Waals surface area contributed by atoms with E-state index < -0.39 is 0 Å². The van der Waals surface area contributed by atoms with E-state index >= 15 is 0 Å². The first-order chi connectivity index (χ1) is 10.6. The molecule has 0 aliphatic rings. The zero-order valence-corrected chi connectivity index (χ0v) is 11.5. The van der Waals surface area contributed by atoms with Crippen LogP contribution < -0.4 is 11.5 Å². The number of anilines is 2. The van der Waals surface area contributed by atoms with Crippen LogP contribution in [-0.4, -0.2) is 23.2 Å². The fourth-order valence-electron chi connectivity index (χ4n) is 1.27. The fraction of sp³-hybridized carbons (Fsp3) is 0. The van der Waals surface area contributed by atoms with Gasteiger partial charge in [-0.05, 0) is 30.3 Å². The Morgan fingerprint density at radius 2 is 1.41 bits per heavy atom. The second-order valence-electron chi connectivity index (χ2n) is 3.56. The van der Waals surface area contributed by atoms with E-state index in [2.05, 4.69) is 10.2 Å². The molecule has 0 fully saturated rings. The monoisotopic (exact) mass is 304 g/mol. The maximum absolute atomic E-state index is 8.36. The average Bonchev–Trinajstić information content (AvgIpc) is 2.49. The normalized spacial score (nSPS) is 8.91. The summed E-state index contributed by atoms with van der Waals surface area (Å²) in [5.41, 5.74) is 13.9. The van der Waals surface area contributed by atoms with Crippen LogP contribution >= 0.6 is 0 Å². The lowest BCUT2D eigenvalue weighted by molar-refractivity contribution is -0.123. The molecule has 0 radical (unpaired) electrons. The van der Waals surface area contributed by atoms with Crippen LogP contribution in [0.1, 0.15) is 0 Å². The molecule has 8 heteroatoms. The lowest BCUT2D eigenvalue weighted by atomic mass is 10.2. The first kappa shape index (κ1) is 18.6. The van der Waals surface area contributed by atoms with Gasteiger partial charge in [0.1, 0.15) is 5.69 Å². The standard InChI is InChI=1S/C12H12N4.2CH2O2/c13-9-6-7-12(11(14)8-9)16-15-10-4-2-1-3-5-10;2*2-1-3/h1-8H,13-14H2;2*1H,(H,2,3).